The molecule has 9 nitrogen and oxygen atoms in total. The van der Waals surface area contributed by atoms with E-state index < -0.39 is 12.0 Å². The highest BCUT2D eigenvalue weighted by molar-refractivity contribution is 6.38. The fourth-order valence-electron chi connectivity index (χ4n) is 5.10. The minimum atomic E-state index is -0.584. The summed E-state index contributed by atoms with van der Waals surface area (Å²) in [6.45, 7) is 3.61. The zero-order valence-electron chi connectivity index (χ0n) is 19.0. The number of aromatic nitrogens is 3. The second kappa shape index (κ2) is 9.33. The van der Waals surface area contributed by atoms with Crippen LogP contribution in [0.2, 0.25) is 0 Å². The van der Waals surface area contributed by atoms with Gasteiger partial charge in [0.05, 0.1) is 18.3 Å². The maximum absolute atomic E-state index is 13.9. The number of rotatable bonds is 5. The number of carbonyl (C=O) groups is 2. The zero-order valence-corrected chi connectivity index (χ0v) is 19.0. The molecule has 174 valence electrons. The van der Waals surface area contributed by atoms with Crippen molar-refractivity contribution in [2.24, 2.45) is 5.10 Å². The van der Waals surface area contributed by atoms with Gasteiger partial charge in [-0.3, -0.25) is 9.80 Å². The highest BCUT2D eigenvalue weighted by atomic mass is 16.5. The van der Waals surface area contributed by atoms with Gasteiger partial charge in [0.2, 0.25) is 5.91 Å². The Hall–Kier alpha value is -3.23. The van der Waals surface area contributed by atoms with Crippen molar-refractivity contribution in [2.45, 2.75) is 70.5 Å². The molecule has 3 aliphatic rings. The highest BCUT2D eigenvalue weighted by Gasteiger charge is 2.43. The van der Waals surface area contributed by atoms with Crippen molar-refractivity contribution in [3.8, 4) is 0 Å². The van der Waals surface area contributed by atoms with E-state index in [4.69, 9.17) is 4.74 Å². The number of esters is 1. The normalized spacial score (nSPS) is 22.6. The first kappa shape index (κ1) is 21.6. The second-order valence-electron chi connectivity index (χ2n) is 8.79. The van der Waals surface area contributed by atoms with Gasteiger partial charge in [0.1, 0.15) is 17.6 Å². The van der Waals surface area contributed by atoms with E-state index >= 15 is 0 Å². The summed E-state index contributed by atoms with van der Waals surface area (Å²) in [5.74, 6) is 1.43. The van der Waals surface area contributed by atoms with Crippen molar-refractivity contribution >= 4 is 23.3 Å². The number of carbonyl (C=O) groups excluding carboxylic acids is 2. The number of anilines is 1. The number of likely N-dealkylation sites (tertiary alicyclic amines) is 1. The average Bonchev–Trinajstić information content (AvgIpc) is 3.54. The number of amides is 1. The number of aryl methyl sites for hydroxylation is 1. The molecule has 5 rings (SSSR count). The van der Waals surface area contributed by atoms with Crippen molar-refractivity contribution in [1.82, 2.24) is 19.7 Å². The predicted octanol–water partition coefficient (Wildman–Crippen LogP) is 2.87. The molecule has 1 aromatic heterocycles. The van der Waals surface area contributed by atoms with E-state index in [2.05, 4.69) is 19.9 Å². The number of ether oxygens (including phenoxy) is 1. The molecule has 0 bridgehead atoms. The minimum Gasteiger partial charge on any atom is -0.461 e. The number of hydrogen-bond donors (Lipinski definition) is 0. The van der Waals surface area contributed by atoms with Crippen molar-refractivity contribution in [1.29, 1.82) is 0 Å². The molecule has 1 saturated heterocycles. The Morgan fingerprint density at radius 2 is 1.91 bits per heavy atom. The molecule has 2 aromatic rings. The van der Waals surface area contributed by atoms with Gasteiger partial charge in [-0.1, -0.05) is 24.6 Å². The number of nitrogens with zero attached hydrogens (tertiary/aromatic N) is 6. The molecule has 0 radical (unpaired) electrons. The quantitative estimate of drug-likeness (QED) is 0.651. The summed E-state index contributed by atoms with van der Waals surface area (Å²) in [6, 6.07) is 8.84. The average molecular weight is 451 g/mol. The van der Waals surface area contributed by atoms with E-state index in [1.165, 1.54) is 6.42 Å². The Kier molecular flexibility index (Phi) is 6.11. The van der Waals surface area contributed by atoms with Crippen LogP contribution in [0.5, 0.6) is 0 Å². The molecule has 1 fully saturated rings. The molecule has 0 spiro atoms. The van der Waals surface area contributed by atoms with Crippen molar-refractivity contribution in [3.05, 3.63) is 42.0 Å². The van der Waals surface area contributed by atoms with Crippen LogP contribution in [0.25, 0.3) is 0 Å². The minimum absolute atomic E-state index is 0.0321. The Balaban J connectivity index is 1.42. The molecule has 0 saturated carbocycles. The fourth-order valence-corrected chi connectivity index (χ4v) is 5.10. The van der Waals surface area contributed by atoms with E-state index in [-0.39, 0.29) is 30.7 Å². The summed E-state index contributed by atoms with van der Waals surface area (Å²) in [7, 11) is 0. The molecule has 1 amide bonds. The standard InChI is InChI=1S/C24H30N6O3/c1-2-33-24(32)18-16-20(30(27-18)17-10-5-3-6-11-17)23(31)28-15-9-12-19(28)22-26-25-21-13-7-4-8-14-29(21)22/h3,5-6,10-11,19-20H,2,4,7-9,12-16H2,1H3. The summed E-state index contributed by atoms with van der Waals surface area (Å²) in [5, 5.41) is 15.2. The molecule has 1 aromatic carbocycles. The van der Waals surface area contributed by atoms with Crippen LogP contribution in [0.1, 0.15) is 63.1 Å². The van der Waals surface area contributed by atoms with Gasteiger partial charge in [-0.05, 0) is 44.7 Å². The first-order valence-electron chi connectivity index (χ1n) is 12.0. The topological polar surface area (TPSA) is 92.9 Å². The SMILES string of the molecule is CCOC(=O)C1=NN(c2ccccc2)C(C(=O)N2CCCC2c2nnc3n2CCCCC3)C1. The molecule has 0 N–H and O–H groups in total. The largest absolute Gasteiger partial charge is 0.461 e. The van der Waals surface area contributed by atoms with E-state index in [9.17, 15) is 9.59 Å². The number of para-hydroxylation sites is 1. The van der Waals surface area contributed by atoms with Crippen molar-refractivity contribution < 1.29 is 14.3 Å². The van der Waals surface area contributed by atoms with Crippen LogP contribution in [0, 0.1) is 0 Å². The summed E-state index contributed by atoms with van der Waals surface area (Å²) < 4.78 is 7.40. The third kappa shape index (κ3) is 4.12. The molecular weight excluding hydrogens is 420 g/mol. The molecule has 33 heavy (non-hydrogen) atoms. The molecular formula is C24H30N6O3. The first-order chi connectivity index (χ1) is 16.2. The number of hydrazone groups is 1. The van der Waals surface area contributed by atoms with E-state index in [0.717, 1.165) is 56.0 Å². The van der Waals surface area contributed by atoms with Crippen molar-refractivity contribution in [3.63, 3.8) is 0 Å². The summed E-state index contributed by atoms with van der Waals surface area (Å²) in [4.78, 5) is 28.3. The fraction of sp³-hybridized carbons (Fsp3) is 0.542. The van der Waals surface area contributed by atoms with Gasteiger partial charge in [-0.25, -0.2) is 4.79 Å². The van der Waals surface area contributed by atoms with Crippen LogP contribution in [-0.4, -0.2) is 56.4 Å². The number of fused-ring (bicyclic) bond motifs is 1. The van der Waals surface area contributed by atoms with Crippen LogP contribution in [0.15, 0.2) is 35.4 Å². The number of hydrogen-bond acceptors (Lipinski definition) is 7. The predicted molar refractivity (Wildman–Crippen MR) is 123 cm³/mol. The molecule has 9 heteroatoms. The number of benzene rings is 1. The molecule has 2 unspecified atom stereocenters. The van der Waals surface area contributed by atoms with E-state index in [1.54, 1.807) is 11.9 Å². The lowest BCUT2D eigenvalue weighted by Gasteiger charge is -2.30. The van der Waals surface area contributed by atoms with Gasteiger partial charge >= 0.3 is 5.97 Å². The lowest BCUT2D eigenvalue weighted by Crippen LogP contribution is -2.45. The van der Waals surface area contributed by atoms with Crippen molar-refractivity contribution in [2.75, 3.05) is 18.2 Å². The lowest BCUT2D eigenvalue weighted by atomic mass is 10.1. The molecule has 4 heterocycles. The van der Waals surface area contributed by atoms with Gasteiger partial charge in [0.15, 0.2) is 5.82 Å². The Morgan fingerprint density at radius 3 is 2.73 bits per heavy atom. The smallest absolute Gasteiger partial charge is 0.354 e. The van der Waals surface area contributed by atoms with Gasteiger partial charge in [0.25, 0.3) is 0 Å². The van der Waals surface area contributed by atoms with Gasteiger partial charge in [0, 0.05) is 25.9 Å². The van der Waals surface area contributed by atoms with Crippen LogP contribution < -0.4 is 5.01 Å². The van der Waals surface area contributed by atoms with Gasteiger partial charge in [-0.15, -0.1) is 10.2 Å². The third-order valence-electron chi connectivity index (χ3n) is 6.70. The van der Waals surface area contributed by atoms with Gasteiger partial charge < -0.3 is 14.2 Å². The Morgan fingerprint density at radius 1 is 1.06 bits per heavy atom. The Bertz CT molecular complexity index is 1050. The maximum Gasteiger partial charge on any atom is 0.354 e. The third-order valence-corrected chi connectivity index (χ3v) is 6.70. The molecule has 3 aliphatic heterocycles. The Labute approximate surface area is 193 Å². The summed E-state index contributed by atoms with van der Waals surface area (Å²) in [5.41, 5.74) is 1.06. The lowest BCUT2D eigenvalue weighted by molar-refractivity contribution is -0.135. The second-order valence-corrected chi connectivity index (χ2v) is 8.79. The maximum atomic E-state index is 13.9. The van der Waals surface area contributed by atoms with Crippen LogP contribution in [0.4, 0.5) is 5.69 Å². The molecule has 2 atom stereocenters. The van der Waals surface area contributed by atoms with Crippen LogP contribution in [-0.2, 0) is 27.3 Å². The summed E-state index contributed by atoms with van der Waals surface area (Å²) in [6.07, 6.45) is 6.39. The van der Waals surface area contributed by atoms with E-state index in [0.29, 0.717) is 6.54 Å². The highest BCUT2D eigenvalue weighted by Crippen LogP contribution is 2.35. The van der Waals surface area contributed by atoms with E-state index in [1.807, 2.05) is 35.2 Å². The molecule has 0 aliphatic carbocycles. The first-order valence-corrected chi connectivity index (χ1v) is 12.0. The monoisotopic (exact) mass is 450 g/mol. The summed E-state index contributed by atoms with van der Waals surface area (Å²) >= 11 is 0. The van der Waals surface area contributed by atoms with Crippen LogP contribution >= 0.6 is 0 Å². The zero-order chi connectivity index (χ0) is 22.8. The van der Waals surface area contributed by atoms with Gasteiger partial charge in [-0.2, -0.15) is 5.10 Å². The van der Waals surface area contributed by atoms with Crippen LogP contribution in [0.3, 0.4) is 0 Å².